The van der Waals surface area contributed by atoms with Crippen molar-refractivity contribution >= 4 is 28.2 Å². The fourth-order valence-corrected chi connectivity index (χ4v) is 2.81. The number of carbonyl (C=O) groups excluding carboxylic acids is 2. The monoisotopic (exact) mass is 353 g/mol. The second-order valence-electron chi connectivity index (χ2n) is 5.19. The normalized spacial score (nSPS) is 10.3. The summed E-state index contributed by atoms with van der Waals surface area (Å²) in [4.78, 5) is 31.5. The van der Waals surface area contributed by atoms with Gasteiger partial charge in [0.2, 0.25) is 0 Å². The van der Waals surface area contributed by atoms with Gasteiger partial charge in [-0.1, -0.05) is 0 Å². The summed E-state index contributed by atoms with van der Waals surface area (Å²) >= 11 is 1.34. The number of Topliss-reactive ketones (excluding diaryl/α,β-unsaturated/α-hetero) is 1. The Bertz CT molecular complexity index is 876. The van der Waals surface area contributed by atoms with Gasteiger partial charge in [-0.25, -0.2) is 4.98 Å². The zero-order valence-corrected chi connectivity index (χ0v) is 14.2. The van der Waals surface area contributed by atoms with Crippen LogP contribution in [-0.4, -0.2) is 28.3 Å². The van der Waals surface area contributed by atoms with E-state index in [0.717, 1.165) is 11.3 Å². The van der Waals surface area contributed by atoms with E-state index in [4.69, 9.17) is 4.74 Å². The Morgan fingerprint density at radius 3 is 2.52 bits per heavy atom. The van der Waals surface area contributed by atoms with Gasteiger partial charge in [0, 0.05) is 28.9 Å². The first kappa shape index (κ1) is 16.8. The molecule has 7 heteroatoms. The van der Waals surface area contributed by atoms with Crippen LogP contribution in [0.5, 0.6) is 5.75 Å². The van der Waals surface area contributed by atoms with Crippen LogP contribution in [-0.2, 0) is 4.79 Å². The van der Waals surface area contributed by atoms with E-state index < -0.39 is 0 Å². The van der Waals surface area contributed by atoms with E-state index >= 15 is 0 Å². The number of nitrogens with zero attached hydrogens (tertiary/aromatic N) is 2. The largest absolute Gasteiger partial charge is 0.484 e. The number of thiazole rings is 1. The lowest BCUT2D eigenvalue weighted by Gasteiger charge is -2.06. The molecule has 0 saturated heterocycles. The van der Waals surface area contributed by atoms with Crippen LogP contribution in [0.1, 0.15) is 17.3 Å². The number of benzene rings is 1. The first-order valence-electron chi connectivity index (χ1n) is 7.51. The number of ketones is 1. The standard InChI is InChI=1S/C18H15N3O3S/c1-12(22)13-2-4-15(5-3-13)24-10-17(23)21-18-20-16(11-25-18)14-6-8-19-9-7-14/h2-9,11H,10H2,1H3,(H,20,21,23). The molecule has 25 heavy (non-hydrogen) atoms. The van der Waals surface area contributed by atoms with Gasteiger partial charge in [0.05, 0.1) is 5.69 Å². The molecule has 2 aromatic heterocycles. The Kier molecular flexibility index (Phi) is 5.15. The molecule has 0 unspecified atom stereocenters. The summed E-state index contributed by atoms with van der Waals surface area (Å²) in [6.45, 7) is 1.36. The predicted molar refractivity (Wildman–Crippen MR) is 95.9 cm³/mol. The fraction of sp³-hybridized carbons (Fsp3) is 0.111. The topological polar surface area (TPSA) is 81.2 Å². The van der Waals surface area contributed by atoms with Gasteiger partial charge in [-0.3, -0.25) is 19.9 Å². The summed E-state index contributed by atoms with van der Waals surface area (Å²) in [5.41, 5.74) is 2.32. The molecule has 0 aliphatic carbocycles. The fourth-order valence-electron chi connectivity index (χ4n) is 2.08. The number of ether oxygens (including phenoxy) is 1. The summed E-state index contributed by atoms with van der Waals surface area (Å²) in [7, 11) is 0. The number of amides is 1. The third-order valence-corrected chi connectivity index (χ3v) is 4.12. The Balaban J connectivity index is 1.54. The molecule has 1 aromatic carbocycles. The highest BCUT2D eigenvalue weighted by atomic mass is 32.1. The number of hydrogen-bond acceptors (Lipinski definition) is 6. The molecule has 1 N–H and O–H groups in total. The lowest BCUT2D eigenvalue weighted by Crippen LogP contribution is -2.20. The average Bonchev–Trinajstić information content (AvgIpc) is 3.09. The van der Waals surface area contributed by atoms with Crippen molar-refractivity contribution in [2.75, 3.05) is 11.9 Å². The van der Waals surface area contributed by atoms with Crippen molar-refractivity contribution in [1.82, 2.24) is 9.97 Å². The third kappa shape index (κ3) is 4.48. The second kappa shape index (κ2) is 7.67. The van der Waals surface area contributed by atoms with Gasteiger partial charge < -0.3 is 4.74 Å². The first-order valence-corrected chi connectivity index (χ1v) is 8.39. The number of carbonyl (C=O) groups is 2. The van der Waals surface area contributed by atoms with Crippen molar-refractivity contribution in [3.8, 4) is 17.0 Å². The second-order valence-corrected chi connectivity index (χ2v) is 6.05. The number of nitrogens with one attached hydrogen (secondary N) is 1. The molecular formula is C18H15N3O3S. The lowest BCUT2D eigenvalue weighted by atomic mass is 10.1. The van der Waals surface area contributed by atoms with Gasteiger partial charge in [0.15, 0.2) is 17.5 Å². The molecule has 0 saturated carbocycles. The van der Waals surface area contributed by atoms with Gasteiger partial charge in [0.25, 0.3) is 5.91 Å². The van der Waals surface area contributed by atoms with Crippen molar-refractivity contribution in [1.29, 1.82) is 0 Å². The molecule has 0 radical (unpaired) electrons. The molecule has 3 rings (SSSR count). The minimum atomic E-state index is -0.300. The maximum atomic E-state index is 12.0. The molecular weight excluding hydrogens is 338 g/mol. The number of rotatable bonds is 6. The minimum absolute atomic E-state index is 0.0157. The van der Waals surface area contributed by atoms with Crippen LogP contribution in [0.3, 0.4) is 0 Å². The molecule has 126 valence electrons. The Morgan fingerprint density at radius 1 is 1.12 bits per heavy atom. The van der Waals surface area contributed by atoms with Crippen molar-refractivity contribution in [2.45, 2.75) is 6.92 Å². The molecule has 3 aromatic rings. The Morgan fingerprint density at radius 2 is 1.84 bits per heavy atom. The van der Waals surface area contributed by atoms with E-state index in [9.17, 15) is 9.59 Å². The molecule has 1 amide bonds. The smallest absolute Gasteiger partial charge is 0.264 e. The molecule has 0 aliphatic rings. The van der Waals surface area contributed by atoms with Gasteiger partial charge in [-0.15, -0.1) is 11.3 Å². The molecule has 0 bridgehead atoms. The van der Waals surface area contributed by atoms with Gasteiger partial charge in [-0.2, -0.15) is 0 Å². The van der Waals surface area contributed by atoms with E-state index in [-0.39, 0.29) is 18.3 Å². The molecule has 0 spiro atoms. The van der Waals surface area contributed by atoms with E-state index in [2.05, 4.69) is 15.3 Å². The van der Waals surface area contributed by atoms with Crippen LogP contribution in [0.2, 0.25) is 0 Å². The minimum Gasteiger partial charge on any atom is -0.484 e. The number of hydrogen-bond donors (Lipinski definition) is 1. The number of anilines is 1. The van der Waals surface area contributed by atoms with Crippen LogP contribution in [0.15, 0.2) is 54.2 Å². The summed E-state index contributed by atoms with van der Waals surface area (Å²) in [6, 6.07) is 10.4. The van der Waals surface area contributed by atoms with E-state index in [1.54, 1.807) is 36.7 Å². The van der Waals surface area contributed by atoms with E-state index in [1.807, 2.05) is 17.5 Å². The molecule has 6 nitrogen and oxygen atoms in total. The first-order chi connectivity index (χ1) is 12.1. The lowest BCUT2D eigenvalue weighted by molar-refractivity contribution is -0.118. The highest BCUT2D eigenvalue weighted by Gasteiger charge is 2.09. The number of pyridine rings is 1. The molecule has 0 aliphatic heterocycles. The SMILES string of the molecule is CC(=O)c1ccc(OCC(=O)Nc2nc(-c3ccncc3)cs2)cc1. The zero-order chi connectivity index (χ0) is 17.6. The summed E-state index contributed by atoms with van der Waals surface area (Å²) in [6.07, 6.45) is 3.39. The molecule has 0 fully saturated rings. The highest BCUT2D eigenvalue weighted by molar-refractivity contribution is 7.14. The van der Waals surface area contributed by atoms with Crippen molar-refractivity contribution < 1.29 is 14.3 Å². The van der Waals surface area contributed by atoms with E-state index in [0.29, 0.717) is 16.4 Å². The maximum Gasteiger partial charge on any atom is 0.264 e. The number of aromatic nitrogens is 2. The Hall–Kier alpha value is -3.06. The zero-order valence-electron chi connectivity index (χ0n) is 13.4. The summed E-state index contributed by atoms with van der Waals surface area (Å²) in [5, 5.41) is 5.08. The van der Waals surface area contributed by atoms with Crippen molar-refractivity contribution in [2.24, 2.45) is 0 Å². The van der Waals surface area contributed by atoms with Crippen molar-refractivity contribution in [3.63, 3.8) is 0 Å². The quantitative estimate of drug-likeness (QED) is 0.687. The average molecular weight is 353 g/mol. The van der Waals surface area contributed by atoms with Crippen LogP contribution >= 0.6 is 11.3 Å². The third-order valence-electron chi connectivity index (χ3n) is 3.36. The van der Waals surface area contributed by atoms with E-state index in [1.165, 1.54) is 18.3 Å². The van der Waals surface area contributed by atoms with Crippen molar-refractivity contribution in [3.05, 3.63) is 59.7 Å². The van der Waals surface area contributed by atoms with Crippen LogP contribution in [0.25, 0.3) is 11.3 Å². The van der Waals surface area contributed by atoms with Crippen LogP contribution < -0.4 is 10.1 Å². The molecule has 2 heterocycles. The maximum absolute atomic E-state index is 12.0. The van der Waals surface area contributed by atoms with Gasteiger partial charge in [0.1, 0.15) is 5.75 Å². The summed E-state index contributed by atoms with van der Waals surface area (Å²) < 4.78 is 5.41. The molecule has 0 atom stereocenters. The summed E-state index contributed by atoms with van der Waals surface area (Å²) in [5.74, 6) is 0.209. The highest BCUT2D eigenvalue weighted by Crippen LogP contribution is 2.24. The van der Waals surface area contributed by atoms with Crippen LogP contribution in [0.4, 0.5) is 5.13 Å². The van der Waals surface area contributed by atoms with Crippen LogP contribution in [0, 0.1) is 0 Å². The van der Waals surface area contributed by atoms with Gasteiger partial charge >= 0.3 is 0 Å². The predicted octanol–water partition coefficient (Wildman–Crippen LogP) is 3.43. The van der Waals surface area contributed by atoms with Gasteiger partial charge in [-0.05, 0) is 43.3 Å². The Labute approximate surface area is 148 Å².